The minimum Gasteiger partial charge on any atom is -0.493 e. The molecule has 0 amide bonds. The smallest absolute Gasteiger partial charge is 0.231 e. The average molecular weight is 313 g/mol. The number of aromatic nitrogens is 2. The van der Waals surface area contributed by atoms with Crippen molar-refractivity contribution in [2.75, 3.05) is 19.7 Å². The molecular weight excluding hydrogens is 290 g/mol. The molecule has 2 aromatic rings. The third-order valence-electron chi connectivity index (χ3n) is 4.77. The van der Waals surface area contributed by atoms with Gasteiger partial charge in [-0.05, 0) is 61.9 Å². The summed E-state index contributed by atoms with van der Waals surface area (Å²) in [6.07, 6.45) is 6.23. The Bertz CT molecular complexity index is 662. The van der Waals surface area contributed by atoms with E-state index in [1.807, 2.05) is 0 Å². The van der Waals surface area contributed by atoms with Gasteiger partial charge in [-0.1, -0.05) is 17.3 Å². The first-order valence-corrected chi connectivity index (χ1v) is 8.63. The topological polar surface area (TPSA) is 60.2 Å². The lowest BCUT2D eigenvalue weighted by Gasteiger charge is -2.20. The second kappa shape index (κ2) is 6.71. The number of hydrogen-bond acceptors (Lipinski definition) is 5. The van der Waals surface area contributed by atoms with E-state index < -0.39 is 0 Å². The molecule has 5 heteroatoms. The molecule has 2 aliphatic rings. The minimum atomic E-state index is 0.683. The van der Waals surface area contributed by atoms with Crippen molar-refractivity contribution < 1.29 is 9.26 Å². The van der Waals surface area contributed by atoms with Crippen molar-refractivity contribution in [1.29, 1.82) is 0 Å². The fourth-order valence-corrected chi connectivity index (χ4v) is 3.49. The van der Waals surface area contributed by atoms with Crippen LogP contribution in [0.4, 0.5) is 0 Å². The Hall–Kier alpha value is -1.88. The van der Waals surface area contributed by atoms with E-state index in [0.29, 0.717) is 18.2 Å². The maximum atomic E-state index is 5.66. The predicted molar refractivity (Wildman–Crippen MR) is 86.7 cm³/mol. The normalized spacial score (nSPS) is 18.4. The fraction of sp³-hybridized carbons (Fsp3) is 0.556. The van der Waals surface area contributed by atoms with Crippen LogP contribution in [0, 0.1) is 5.92 Å². The third-order valence-corrected chi connectivity index (χ3v) is 4.77. The maximum Gasteiger partial charge on any atom is 0.231 e. The SMILES string of the molecule is c1cc2c(cc1Cc1nc(CC3CCNCC3)no1)CCCO2. The highest BCUT2D eigenvalue weighted by molar-refractivity contribution is 5.39. The van der Waals surface area contributed by atoms with Crippen LogP contribution in [-0.4, -0.2) is 29.8 Å². The van der Waals surface area contributed by atoms with E-state index in [4.69, 9.17) is 9.26 Å². The lowest BCUT2D eigenvalue weighted by molar-refractivity contribution is 0.288. The molecule has 122 valence electrons. The molecule has 0 aliphatic carbocycles. The summed E-state index contributed by atoms with van der Waals surface area (Å²) >= 11 is 0. The molecule has 4 rings (SSSR count). The van der Waals surface area contributed by atoms with Crippen molar-refractivity contribution in [3.63, 3.8) is 0 Å². The molecule has 0 atom stereocenters. The summed E-state index contributed by atoms with van der Waals surface area (Å²) in [5.41, 5.74) is 2.51. The highest BCUT2D eigenvalue weighted by Crippen LogP contribution is 2.26. The van der Waals surface area contributed by atoms with Crippen LogP contribution >= 0.6 is 0 Å². The minimum absolute atomic E-state index is 0.683. The van der Waals surface area contributed by atoms with Gasteiger partial charge in [-0.2, -0.15) is 4.98 Å². The molecule has 23 heavy (non-hydrogen) atoms. The van der Waals surface area contributed by atoms with E-state index >= 15 is 0 Å². The number of nitrogens with one attached hydrogen (secondary N) is 1. The van der Waals surface area contributed by atoms with Gasteiger partial charge < -0.3 is 14.6 Å². The monoisotopic (exact) mass is 313 g/mol. The van der Waals surface area contributed by atoms with Gasteiger partial charge in [-0.15, -0.1) is 0 Å². The summed E-state index contributed by atoms with van der Waals surface area (Å²) in [5, 5.41) is 7.55. The van der Waals surface area contributed by atoms with E-state index in [0.717, 1.165) is 50.5 Å². The molecule has 0 radical (unpaired) electrons. The second-order valence-corrected chi connectivity index (χ2v) is 6.57. The zero-order valence-electron chi connectivity index (χ0n) is 13.4. The summed E-state index contributed by atoms with van der Waals surface area (Å²) in [5.74, 6) is 3.28. The zero-order valence-corrected chi connectivity index (χ0v) is 13.4. The van der Waals surface area contributed by atoms with E-state index in [9.17, 15) is 0 Å². The molecule has 1 saturated heterocycles. The van der Waals surface area contributed by atoms with Gasteiger partial charge in [0.05, 0.1) is 13.0 Å². The zero-order chi connectivity index (χ0) is 15.5. The van der Waals surface area contributed by atoms with Crippen molar-refractivity contribution in [3.05, 3.63) is 41.0 Å². The van der Waals surface area contributed by atoms with E-state index in [-0.39, 0.29) is 0 Å². The van der Waals surface area contributed by atoms with Crippen LogP contribution in [-0.2, 0) is 19.3 Å². The number of ether oxygens (including phenoxy) is 1. The molecule has 1 aromatic heterocycles. The van der Waals surface area contributed by atoms with Crippen LogP contribution in [0.2, 0.25) is 0 Å². The largest absolute Gasteiger partial charge is 0.493 e. The summed E-state index contributed by atoms with van der Waals surface area (Å²) in [6, 6.07) is 6.38. The third kappa shape index (κ3) is 3.55. The van der Waals surface area contributed by atoms with Gasteiger partial charge in [0.15, 0.2) is 5.82 Å². The van der Waals surface area contributed by atoms with Crippen molar-refractivity contribution in [2.45, 2.75) is 38.5 Å². The van der Waals surface area contributed by atoms with Gasteiger partial charge in [0.2, 0.25) is 5.89 Å². The Morgan fingerprint density at radius 2 is 2.13 bits per heavy atom. The van der Waals surface area contributed by atoms with Crippen molar-refractivity contribution >= 4 is 0 Å². The van der Waals surface area contributed by atoms with Gasteiger partial charge in [-0.3, -0.25) is 0 Å². The molecule has 2 aliphatic heterocycles. The first-order valence-electron chi connectivity index (χ1n) is 8.63. The molecule has 1 aromatic carbocycles. The van der Waals surface area contributed by atoms with Crippen LogP contribution in [0.5, 0.6) is 5.75 Å². The second-order valence-electron chi connectivity index (χ2n) is 6.57. The molecule has 1 fully saturated rings. The van der Waals surface area contributed by atoms with Gasteiger partial charge in [0.1, 0.15) is 5.75 Å². The Labute approximate surface area is 136 Å². The first-order chi connectivity index (χ1) is 11.4. The highest BCUT2D eigenvalue weighted by atomic mass is 16.5. The molecule has 0 spiro atoms. The predicted octanol–water partition coefficient (Wildman–Crippen LogP) is 2.53. The summed E-state index contributed by atoms with van der Waals surface area (Å²) < 4.78 is 11.1. The van der Waals surface area contributed by atoms with Crippen LogP contribution in [0.1, 0.15) is 42.1 Å². The maximum absolute atomic E-state index is 5.66. The number of rotatable bonds is 4. The number of piperidine rings is 1. The quantitative estimate of drug-likeness (QED) is 0.940. The van der Waals surface area contributed by atoms with E-state index in [1.54, 1.807) is 0 Å². The molecule has 1 N–H and O–H groups in total. The van der Waals surface area contributed by atoms with Gasteiger partial charge in [-0.25, -0.2) is 0 Å². The van der Waals surface area contributed by atoms with Crippen LogP contribution in [0.25, 0.3) is 0 Å². The highest BCUT2D eigenvalue weighted by Gasteiger charge is 2.17. The Morgan fingerprint density at radius 1 is 1.22 bits per heavy atom. The van der Waals surface area contributed by atoms with Crippen LogP contribution < -0.4 is 10.1 Å². The molecule has 5 nitrogen and oxygen atoms in total. The Balaban J connectivity index is 1.41. The van der Waals surface area contributed by atoms with Crippen LogP contribution in [0.3, 0.4) is 0 Å². The van der Waals surface area contributed by atoms with E-state index in [2.05, 4.69) is 33.7 Å². The fourth-order valence-electron chi connectivity index (χ4n) is 3.49. The van der Waals surface area contributed by atoms with Gasteiger partial charge in [0, 0.05) is 6.42 Å². The molecule has 0 bridgehead atoms. The molecule has 0 unspecified atom stereocenters. The van der Waals surface area contributed by atoms with Crippen LogP contribution in [0.15, 0.2) is 22.7 Å². The summed E-state index contributed by atoms with van der Waals surface area (Å²) in [4.78, 5) is 4.58. The summed E-state index contributed by atoms with van der Waals surface area (Å²) in [7, 11) is 0. The van der Waals surface area contributed by atoms with Gasteiger partial charge in [0.25, 0.3) is 0 Å². The first kappa shape index (κ1) is 14.7. The molecular formula is C18H23N3O2. The standard InChI is InChI=1S/C18H23N3O2/c1-2-15-10-14(3-4-16(15)22-9-1)12-18-20-17(21-23-18)11-13-5-7-19-8-6-13/h3-4,10,13,19H,1-2,5-9,11-12H2. The number of hydrogen-bond donors (Lipinski definition) is 1. The lowest BCUT2D eigenvalue weighted by Crippen LogP contribution is -2.28. The molecule has 0 saturated carbocycles. The Kier molecular flexibility index (Phi) is 4.28. The Morgan fingerprint density at radius 3 is 3.04 bits per heavy atom. The number of aryl methyl sites for hydroxylation is 1. The summed E-state index contributed by atoms with van der Waals surface area (Å²) in [6.45, 7) is 3.04. The molecule has 3 heterocycles. The number of nitrogens with zero attached hydrogens (tertiary/aromatic N) is 2. The number of fused-ring (bicyclic) bond motifs is 1. The van der Waals surface area contributed by atoms with Crippen molar-refractivity contribution in [1.82, 2.24) is 15.5 Å². The van der Waals surface area contributed by atoms with E-state index in [1.165, 1.54) is 24.0 Å². The number of benzene rings is 1. The van der Waals surface area contributed by atoms with Crippen molar-refractivity contribution in [3.8, 4) is 5.75 Å². The van der Waals surface area contributed by atoms with Gasteiger partial charge >= 0.3 is 0 Å². The average Bonchev–Trinajstić information content (AvgIpc) is 3.02. The van der Waals surface area contributed by atoms with Crippen molar-refractivity contribution in [2.24, 2.45) is 5.92 Å². The lowest BCUT2D eigenvalue weighted by atomic mass is 9.94.